The number of imide groups is 1. The second-order valence-corrected chi connectivity index (χ2v) is 11.4. The third-order valence-electron chi connectivity index (χ3n) is 7.70. The van der Waals surface area contributed by atoms with E-state index >= 15 is 0 Å². The Morgan fingerprint density at radius 2 is 1.74 bits per heavy atom. The number of aliphatic hydroxyl groups excluding tert-OH is 2. The van der Waals surface area contributed by atoms with Crippen LogP contribution < -0.4 is 10.1 Å². The van der Waals surface area contributed by atoms with Gasteiger partial charge in [0.2, 0.25) is 0 Å². The smallest absolute Gasteiger partial charge is 0.325 e. The molecule has 1 aliphatic rings. The first-order valence-electron chi connectivity index (χ1n) is 13.9. The second kappa shape index (κ2) is 13.1. The van der Waals surface area contributed by atoms with E-state index in [1.807, 2.05) is 44.2 Å². The molecule has 0 bridgehead atoms. The Balaban J connectivity index is 1.43. The lowest BCUT2D eigenvalue weighted by molar-refractivity contribution is -0.127. The number of hydrogen-bond donors (Lipinski definition) is 4. The van der Waals surface area contributed by atoms with Gasteiger partial charge in [-0.25, -0.2) is 14.2 Å². The Hall–Kier alpha value is -4.06. The number of amides is 3. The molecule has 0 radical (unpaired) electrons. The van der Waals surface area contributed by atoms with Crippen LogP contribution in [0.5, 0.6) is 5.75 Å². The van der Waals surface area contributed by atoms with Gasteiger partial charge in [0.15, 0.2) is 0 Å². The van der Waals surface area contributed by atoms with Crippen molar-refractivity contribution in [2.45, 2.75) is 37.8 Å². The van der Waals surface area contributed by atoms with Gasteiger partial charge in [-0.15, -0.1) is 0 Å². The Kier molecular flexibility index (Phi) is 9.24. The van der Waals surface area contributed by atoms with Crippen molar-refractivity contribution in [1.29, 1.82) is 0 Å². The molecule has 1 saturated heterocycles. The largest absolute Gasteiger partial charge is 0.486 e. The molecular formula is C32H32BrFN4O5. The molecule has 2 heterocycles. The van der Waals surface area contributed by atoms with Crippen LogP contribution in [0.1, 0.15) is 47.4 Å². The zero-order valence-electron chi connectivity index (χ0n) is 23.6. The number of carbonyl (C=O) groups is 2. The van der Waals surface area contributed by atoms with Crippen molar-refractivity contribution >= 4 is 27.9 Å². The van der Waals surface area contributed by atoms with Gasteiger partial charge < -0.3 is 25.3 Å². The summed E-state index contributed by atoms with van der Waals surface area (Å²) in [5.41, 5.74) is 3.05. The molecule has 1 aliphatic heterocycles. The number of nitrogens with zero attached hydrogens (tertiary/aromatic N) is 2. The lowest BCUT2D eigenvalue weighted by Crippen LogP contribution is -2.36. The first kappa shape index (κ1) is 30.4. The number of hydrogen-bond acceptors (Lipinski definition) is 6. The highest BCUT2D eigenvalue weighted by molar-refractivity contribution is 9.10. The molecule has 4 N–H and O–H groups in total. The summed E-state index contributed by atoms with van der Waals surface area (Å²) in [7, 11) is 0. The normalized spacial score (nSPS) is 16.4. The third kappa shape index (κ3) is 6.48. The number of rotatable bonds is 11. The van der Waals surface area contributed by atoms with E-state index in [9.17, 15) is 24.2 Å². The van der Waals surface area contributed by atoms with Crippen LogP contribution in [0.25, 0.3) is 11.3 Å². The summed E-state index contributed by atoms with van der Waals surface area (Å²) < 4.78 is 21.0. The molecule has 0 saturated carbocycles. The summed E-state index contributed by atoms with van der Waals surface area (Å²) in [6.45, 7) is 3.18. The first-order chi connectivity index (χ1) is 20.7. The van der Waals surface area contributed by atoms with Gasteiger partial charge in [0, 0.05) is 28.2 Å². The minimum absolute atomic E-state index is 0.0440. The standard InChI is InChI=1S/C32H32BrFN4O5/c1-18(20-6-4-3-5-7-20)26(30-35-19(2)28(36-30)25-13-10-22(33)14-27(25)34)15-38-31(41)29(37-32(38)42)21-8-11-23(12-9-21)43-24(16-39)17-40/h3-14,18,24,26,29,39-40H,15-17H2,1-2H3,(H,35,36)(H,37,42)/t18-,26?,29+/m0/s1. The second-order valence-electron chi connectivity index (χ2n) is 10.5. The highest BCUT2D eigenvalue weighted by Crippen LogP contribution is 2.36. The zero-order valence-corrected chi connectivity index (χ0v) is 25.2. The Bertz CT molecular complexity index is 1590. The maximum absolute atomic E-state index is 14.9. The number of aliphatic hydroxyl groups is 2. The molecule has 1 fully saturated rings. The lowest BCUT2D eigenvalue weighted by Gasteiger charge is -2.26. The average Bonchev–Trinajstić information content (AvgIpc) is 3.52. The summed E-state index contributed by atoms with van der Waals surface area (Å²) in [5.74, 6) is -0.454. The van der Waals surface area contributed by atoms with Crippen molar-refractivity contribution in [3.05, 3.63) is 106 Å². The molecule has 9 nitrogen and oxygen atoms in total. The van der Waals surface area contributed by atoms with Gasteiger partial charge in [0.05, 0.1) is 18.9 Å². The number of nitrogens with one attached hydrogen (secondary N) is 2. The van der Waals surface area contributed by atoms with Crippen LogP contribution in [-0.2, 0) is 4.79 Å². The van der Waals surface area contributed by atoms with Crippen LogP contribution in [0.15, 0.2) is 77.3 Å². The third-order valence-corrected chi connectivity index (χ3v) is 8.19. The molecule has 0 spiro atoms. The molecule has 0 aliphatic carbocycles. The molecule has 3 atom stereocenters. The molecule has 43 heavy (non-hydrogen) atoms. The van der Waals surface area contributed by atoms with E-state index in [-0.39, 0.29) is 25.7 Å². The minimum Gasteiger partial charge on any atom is -0.486 e. The number of aromatic nitrogens is 2. The summed E-state index contributed by atoms with van der Waals surface area (Å²) in [6.07, 6.45) is -0.760. The number of aryl methyl sites for hydroxylation is 1. The summed E-state index contributed by atoms with van der Waals surface area (Å²) >= 11 is 3.29. The fourth-order valence-corrected chi connectivity index (χ4v) is 5.58. The number of imidazole rings is 1. The molecule has 3 aromatic carbocycles. The van der Waals surface area contributed by atoms with Crippen LogP contribution in [0, 0.1) is 12.7 Å². The van der Waals surface area contributed by atoms with E-state index in [0.717, 1.165) is 5.56 Å². The van der Waals surface area contributed by atoms with Crippen molar-refractivity contribution < 1.29 is 28.9 Å². The van der Waals surface area contributed by atoms with Crippen molar-refractivity contribution in [1.82, 2.24) is 20.2 Å². The van der Waals surface area contributed by atoms with E-state index in [1.165, 1.54) is 11.0 Å². The Morgan fingerprint density at radius 1 is 1.05 bits per heavy atom. The van der Waals surface area contributed by atoms with E-state index in [4.69, 9.17) is 9.72 Å². The van der Waals surface area contributed by atoms with Gasteiger partial charge in [-0.1, -0.05) is 65.3 Å². The molecule has 224 valence electrons. The van der Waals surface area contributed by atoms with Crippen molar-refractivity contribution in [3.8, 4) is 17.0 Å². The van der Waals surface area contributed by atoms with E-state index in [0.29, 0.717) is 38.6 Å². The fraction of sp³-hybridized carbons (Fsp3) is 0.281. The molecule has 11 heteroatoms. The van der Waals surface area contributed by atoms with Crippen molar-refractivity contribution in [3.63, 3.8) is 0 Å². The first-order valence-corrected chi connectivity index (χ1v) is 14.7. The van der Waals surface area contributed by atoms with Gasteiger partial charge in [-0.2, -0.15) is 0 Å². The highest BCUT2D eigenvalue weighted by Gasteiger charge is 2.41. The van der Waals surface area contributed by atoms with Gasteiger partial charge in [0.1, 0.15) is 29.5 Å². The van der Waals surface area contributed by atoms with Crippen LogP contribution in [0.4, 0.5) is 9.18 Å². The van der Waals surface area contributed by atoms with Crippen LogP contribution in [0.3, 0.4) is 0 Å². The molecular weight excluding hydrogens is 619 g/mol. The molecule has 1 aromatic heterocycles. The maximum atomic E-state index is 14.9. The van der Waals surface area contributed by atoms with Gasteiger partial charge in [-0.3, -0.25) is 9.69 Å². The number of H-pyrrole nitrogens is 1. The molecule has 5 rings (SSSR count). The predicted molar refractivity (Wildman–Crippen MR) is 162 cm³/mol. The van der Waals surface area contributed by atoms with Gasteiger partial charge in [-0.05, 0) is 54.3 Å². The summed E-state index contributed by atoms with van der Waals surface area (Å²) in [4.78, 5) is 36.1. The van der Waals surface area contributed by atoms with Crippen LogP contribution >= 0.6 is 15.9 Å². The Labute approximate surface area is 256 Å². The Morgan fingerprint density at radius 3 is 2.40 bits per heavy atom. The predicted octanol–water partition coefficient (Wildman–Crippen LogP) is 5.20. The monoisotopic (exact) mass is 650 g/mol. The van der Waals surface area contributed by atoms with Crippen molar-refractivity contribution in [2.24, 2.45) is 0 Å². The minimum atomic E-state index is -0.897. The van der Waals surface area contributed by atoms with Gasteiger partial charge in [0.25, 0.3) is 5.91 Å². The van der Waals surface area contributed by atoms with E-state index in [2.05, 4.69) is 26.2 Å². The molecule has 4 aromatic rings. The number of urea groups is 1. The average molecular weight is 652 g/mol. The fourth-order valence-electron chi connectivity index (χ4n) is 5.25. The zero-order chi connectivity index (χ0) is 30.7. The number of ether oxygens (including phenoxy) is 1. The number of halogens is 2. The summed E-state index contributed by atoms with van der Waals surface area (Å²) in [6, 6.07) is 19.7. The molecule has 3 amide bonds. The number of benzene rings is 3. The highest BCUT2D eigenvalue weighted by atomic mass is 79.9. The topological polar surface area (TPSA) is 128 Å². The maximum Gasteiger partial charge on any atom is 0.325 e. The van der Waals surface area contributed by atoms with Crippen LogP contribution in [-0.4, -0.2) is 62.9 Å². The van der Waals surface area contributed by atoms with Gasteiger partial charge >= 0.3 is 6.03 Å². The quantitative estimate of drug-likeness (QED) is 0.165. The molecule has 1 unspecified atom stereocenters. The number of carbonyl (C=O) groups excluding carboxylic acids is 2. The lowest BCUT2D eigenvalue weighted by atomic mass is 9.86. The SMILES string of the molecule is Cc1[nH]c(C(CN2C(=O)N[C@H](c3ccc(OC(CO)CO)cc3)C2=O)[C@@H](C)c2ccccc2)nc1-c1ccc(Br)cc1F. The van der Waals surface area contributed by atoms with E-state index < -0.39 is 35.8 Å². The number of aromatic amines is 1. The van der Waals surface area contributed by atoms with E-state index in [1.54, 1.807) is 36.4 Å². The van der Waals surface area contributed by atoms with Crippen LogP contribution in [0.2, 0.25) is 0 Å². The summed E-state index contributed by atoms with van der Waals surface area (Å²) in [5, 5.41) is 21.3. The van der Waals surface area contributed by atoms with Crippen molar-refractivity contribution in [2.75, 3.05) is 19.8 Å².